The Balaban J connectivity index is 1.39. The number of benzene rings is 1. The summed E-state index contributed by atoms with van der Waals surface area (Å²) in [5.41, 5.74) is 0.920. The lowest BCUT2D eigenvalue weighted by Crippen LogP contribution is -2.55. The molecular weight excluding hydrogens is 441 g/mol. The molecule has 1 saturated heterocycles. The minimum Gasteiger partial charge on any atom is -0.358 e. The molecule has 1 aliphatic rings. The lowest BCUT2D eigenvalue weighted by atomic mass is 9.75. The van der Waals surface area contributed by atoms with Gasteiger partial charge in [0.15, 0.2) is 5.13 Å². The molecule has 2 aromatic heterocycles. The van der Waals surface area contributed by atoms with Gasteiger partial charge in [-0.2, -0.15) is 0 Å². The first-order chi connectivity index (χ1) is 16.0. The van der Waals surface area contributed by atoms with Crippen LogP contribution in [0.5, 0.6) is 0 Å². The molecule has 1 atom stereocenters. The Morgan fingerprint density at radius 2 is 2.00 bits per heavy atom. The Morgan fingerprint density at radius 3 is 2.73 bits per heavy atom. The fourth-order valence-electron chi connectivity index (χ4n) is 4.29. The highest BCUT2D eigenvalue weighted by Gasteiger charge is 2.44. The lowest BCUT2D eigenvalue weighted by molar-refractivity contribution is -0.130. The van der Waals surface area contributed by atoms with Crippen LogP contribution in [0.15, 0.2) is 54.9 Å². The van der Waals surface area contributed by atoms with Crippen molar-refractivity contribution in [1.29, 1.82) is 0 Å². The van der Waals surface area contributed by atoms with Gasteiger partial charge in [-0.05, 0) is 49.2 Å². The summed E-state index contributed by atoms with van der Waals surface area (Å²) < 4.78 is 13.1. The van der Waals surface area contributed by atoms with Crippen LogP contribution in [0.3, 0.4) is 0 Å². The number of piperidine rings is 1. The molecule has 2 N–H and O–H groups in total. The molecule has 33 heavy (non-hydrogen) atoms. The van der Waals surface area contributed by atoms with E-state index in [1.54, 1.807) is 31.6 Å². The Morgan fingerprint density at radius 1 is 1.18 bits per heavy atom. The van der Waals surface area contributed by atoms with Crippen LogP contribution >= 0.6 is 11.3 Å². The van der Waals surface area contributed by atoms with E-state index in [0.29, 0.717) is 24.5 Å². The highest BCUT2D eigenvalue weighted by atomic mass is 32.1. The number of carbonyl (C=O) groups excluding carboxylic acids is 2. The van der Waals surface area contributed by atoms with E-state index in [2.05, 4.69) is 20.6 Å². The summed E-state index contributed by atoms with van der Waals surface area (Å²) in [5.74, 6) is -0.528. The molecule has 1 unspecified atom stereocenters. The number of amides is 2. The maximum Gasteiger partial charge on any atom is 0.240 e. The van der Waals surface area contributed by atoms with Crippen molar-refractivity contribution in [2.75, 3.05) is 32.0 Å². The summed E-state index contributed by atoms with van der Waals surface area (Å²) >= 11 is 1.40. The molecule has 0 saturated carbocycles. The van der Waals surface area contributed by atoms with Crippen LogP contribution in [-0.2, 0) is 21.4 Å². The number of carbonyl (C=O) groups is 2. The third kappa shape index (κ3) is 5.43. The monoisotopic (exact) mass is 467 g/mol. The number of hydrogen-bond donors (Lipinski definition) is 2. The zero-order chi connectivity index (χ0) is 23.3. The zero-order valence-electron chi connectivity index (χ0n) is 18.4. The number of rotatable bonds is 7. The number of aromatic nitrogens is 2. The molecular formula is C24H26FN5O2S. The van der Waals surface area contributed by atoms with Gasteiger partial charge in [0.1, 0.15) is 11.2 Å². The Hall–Kier alpha value is -3.17. The van der Waals surface area contributed by atoms with Gasteiger partial charge < -0.3 is 10.6 Å². The smallest absolute Gasteiger partial charge is 0.240 e. The Labute approximate surface area is 196 Å². The molecule has 1 aliphatic heterocycles. The molecule has 1 aromatic carbocycles. The number of pyridine rings is 1. The molecule has 3 heterocycles. The molecule has 0 aliphatic carbocycles. The first-order valence-corrected chi connectivity index (χ1v) is 11.7. The number of likely N-dealkylation sites (N-methyl/N-ethyl adjacent to an activating group) is 1. The molecule has 0 spiro atoms. The summed E-state index contributed by atoms with van der Waals surface area (Å²) in [6.07, 6.45) is 5.51. The minimum absolute atomic E-state index is 0.0864. The summed E-state index contributed by atoms with van der Waals surface area (Å²) in [5, 5.41) is 6.17. The predicted molar refractivity (Wildman–Crippen MR) is 126 cm³/mol. The fraction of sp³-hybridized carbons (Fsp3) is 0.333. The molecule has 2 amide bonds. The minimum atomic E-state index is -0.780. The summed E-state index contributed by atoms with van der Waals surface area (Å²) in [4.78, 5) is 37.3. The number of hydrogen-bond acceptors (Lipinski definition) is 6. The number of nitrogens with zero attached hydrogens (tertiary/aromatic N) is 3. The first kappa shape index (κ1) is 23.0. The van der Waals surface area contributed by atoms with Crippen LogP contribution in [0.1, 0.15) is 29.0 Å². The van der Waals surface area contributed by atoms with Crippen LogP contribution in [0.4, 0.5) is 9.52 Å². The Kier molecular flexibility index (Phi) is 7.10. The predicted octanol–water partition coefficient (Wildman–Crippen LogP) is 2.99. The SMILES string of the molecule is CNC(=O)C1(c2ccccn2)CCCN(CC(=O)Nc2ncc(Cc3ccc(F)cc3)s2)C1. The third-order valence-corrected chi connectivity index (χ3v) is 6.76. The molecule has 1 fully saturated rings. The van der Waals surface area contributed by atoms with Crippen molar-refractivity contribution in [2.24, 2.45) is 0 Å². The van der Waals surface area contributed by atoms with E-state index in [0.717, 1.165) is 29.1 Å². The van der Waals surface area contributed by atoms with Gasteiger partial charge in [-0.25, -0.2) is 9.37 Å². The van der Waals surface area contributed by atoms with Crippen LogP contribution in [-0.4, -0.2) is 53.4 Å². The largest absolute Gasteiger partial charge is 0.358 e. The molecule has 4 rings (SSSR count). The number of likely N-dealkylation sites (tertiary alicyclic amines) is 1. The Bertz CT molecular complexity index is 1110. The van der Waals surface area contributed by atoms with Gasteiger partial charge >= 0.3 is 0 Å². The van der Waals surface area contributed by atoms with Gasteiger partial charge in [0.25, 0.3) is 0 Å². The fourth-order valence-corrected chi connectivity index (χ4v) is 5.15. The van der Waals surface area contributed by atoms with Gasteiger partial charge in [-0.1, -0.05) is 18.2 Å². The van der Waals surface area contributed by atoms with Gasteiger partial charge in [0.05, 0.1) is 12.2 Å². The zero-order valence-corrected chi connectivity index (χ0v) is 19.2. The van der Waals surface area contributed by atoms with Gasteiger partial charge in [-0.3, -0.25) is 19.5 Å². The van der Waals surface area contributed by atoms with Crippen molar-refractivity contribution in [1.82, 2.24) is 20.2 Å². The third-order valence-electron chi connectivity index (χ3n) is 5.85. The van der Waals surface area contributed by atoms with Gasteiger partial charge in [0, 0.05) is 37.3 Å². The normalized spacial score (nSPS) is 18.6. The summed E-state index contributed by atoms with van der Waals surface area (Å²) in [6.45, 7) is 1.32. The van der Waals surface area contributed by atoms with Crippen LogP contribution in [0.2, 0.25) is 0 Å². The van der Waals surface area contributed by atoms with Crippen LogP contribution < -0.4 is 10.6 Å². The summed E-state index contributed by atoms with van der Waals surface area (Å²) in [6, 6.07) is 11.9. The molecule has 172 valence electrons. The number of halogens is 1. The molecule has 7 nitrogen and oxygen atoms in total. The summed E-state index contributed by atoms with van der Waals surface area (Å²) in [7, 11) is 1.63. The number of thiazole rings is 1. The van der Waals surface area contributed by atoms with Crippen molar-refractivity contribution in [3.63, 3.8) is 0 Å². The van der Waals surface area contributed by atoms with E-state index < -0.39 is 5.41 Å². The van der Waals surface area contributed by atoms with Gasteiger partial charge in [-0.15, -0.1) is 11.3 Å². The standard InChI is InChI=1S/C24H26FN5O2S/c1-26-22(32)24(20-5-2-3-11-27-20)10-4-12-30(16-24)15-21(31)29-23-28-14-19(33-23)13-17-6-8-18(25)9-7-17/h2-3,5-9,11,14H,4,10,12-13,15-16H2,1H3,(H,26,32)(H,28,29,31). The highest BCUT2D eigenvalue weighted by molar-refractivity contribution is 7.15. The van der Waals surface area contributed by atoms with Crippen molar-refractivity contribution >= 4 is 28.3 Å². The maximum atomic E-state index is 13.1. The first-order valence-electron chi connectivity index (χ1n) is 10.8. The van der Waals surface area contributed by atoms with Crippen LogP contribution in [0, 0.1) is 5.82 Å². The second kappa shape index (κ2) is 10.2. The average molecular weight is 468 g/mol. The van der Waals surface area contributed by atoms with E-state index in [9.17, 15) is 14.0 Å². The molecule has 0 bridgehead atoms. The van der Waals surface area contributed by atoms with Gasteiger partial charge in [0.2, 0.25) is 11.8 Å². The second-order valence-electron chi connectivity index (χ2n) is 8.17. The number of anilines is 1. The van der Waals surface area contributed by atoms with Crippen LogP contribution in [0.25, 0.3) is 0 Å². The van der Waals surface area contributed by atoms with Crippen molar-refractivity contribution in [3.05, 3.63) is 76.8 Å². The van der Waals surface area contributed by atoms with E-state index in [4.69, 9.17) is 0 Å². The maximum absolute atomic E-state index is 13.1. The number of nitrogens with one attached hydrogen (secondary N) is 2. The average Bonchev–Trinajstić information content (AvgIpc) is 3.27. The van der Waals surface area contributed by atoms with E-state index in [1.165, 1.54) is 23.5 Å². The molecule has 3 aromatic rings. The van der Waals surface area contributed by atoms with E-state index in [1.807, 2.05) is 23.1 Å². The molecule has 0 radical (unpaired) electrons. The van der Waals surface area contributed by atoms with E-state index >= 15 is 0 Å². The second-order valence-corrected chi connectivity index (χ2v) is 9.29. The van der Waals surface area contributed by atoms with Crippen molar-refractivity contribution < 1.29 is 14.0 Å². The quantitative estimate of drug-likeness (QED) is 0.558. The van der Waals surface area contributed by atoms with Crippen molar-refractivity contribution in [2.45, 2.75) is 24.7 Å². The lowest BCUT2D eigenvalue weighted by Gasteiger charge is -2.40. The molecule has 9 heteroatoms. The van der Waals surface area contributed by atoms with E-state index in [-0.39, 0.29) is 24.2 Å². The topological polar surface area (TPSA) is 87.2 Å². The highest BCUT2D eigenvalue weighted by Crippen LogP contribution is 2.33. The van der Waals surface area contributed by atoms with Crippen molar-refractivity contribution in [3.8, 4) is 0 Å².